The van der Waals surface area contributed by atoms with Gasteiger partial charge in [-0.3, -0.25) is 9.59 Å². The van der Waals surface area contributed by atoms with Gasteiger partial charge in [0.25, 0.3) is 0 Å². The van der Waals surface area contributed by atoms with E-state index in [2.05, 4.69) is 5.32 Å². The average Bonchev–Trinajstić information content (AvgIpc) is 2.25. The maximum absolute atomic E-state index is 11.6. The summed E-state index contributed by atoms with van der Waals surface area (Å²) in [6.07, 6.45) is 0. The van der Waals surface area contributed by atoms with Crippen LogP contribution < -0.4 is 11.1 Å². The van der Waals surface area contributed by atoms with Gasteiger partial charge in [0.05, 0.1) is 19.3 Å². The lowest BCUT2D eigenvalue weighted by atomic mass is 10.2. The Bertz CT molecular complexity index is 245. The second kappa shape index (κ2) is 5.67. The Labute approximate surface area is 88.7 Å². The van der Waals surface area contributed by atoms with Crippen molar-refractivity contribution in [1.82, 2.24) is 10.2 Å². The number of amides is 2. The number of carbonyl (C=O) groups excluding carboxylic acids is 2. The minimum absolute atomic E-state index is 0.0464. The molecule has 86 valence electrons. The van der Waals surface area contributed by atoms with Gasteiger partial charge in [0, 0.05) is 19.6 Å². The summed E-state index contributed by atoms with van der Waals surface area (Å²) in [5, 5.41) is 2.45. The summed E-state index contributed by atoms with van der Waals surface area (Å²) in [6.45, 7) is 3.94. The molecule has 1 rings (SSSR count). The summed E-state index contributed by atoms with van der Waals surface area (Å²) >= 11 is 0. The lowest BCUT2D eigenvalue weighted by molar-refractivity contribution is -0.151. The Balaban J connectivity index is 2.47. The van der Waals surface area contributed by atoms with Crippen LogP contribution in [0.25, 0.3) is 0 Å². The van der Waals surface area contributed by atoms with E-state index in [1.165, 1.54) is 4.90 Å². The average molecular weight is 215 g/mol. The van der Waals surface area contributed by atoms with E-state index in [0.717, 1.165) is 0 Å². The van der Waals surface area contributed by atoms with Gasteiger partial charge in [0.2, 0.25) is 0 Å². The van der Waals surface area contributed by atoms with E-state index in [0.29, 0.717) is 32.8 Å². The summed E-state index contributed by atoms with van der Waals surface area (Å²) in [7, 11) is 0. The molecule has 1 fully saturated rings. The highest BCUT2D eigenvalue weighted by atomic mass is 16.5. The molecule has 15 heavy (non-hydrogen) atoms. The molecule has 0 aromatic heterocycles. The van der Waals surface area contributed by atoms with E-state index >= 15 is 0 Å². The molecule has 1 aliphatic rings. The molecule has 0 aromatic rings. The molecule has 2 amide bonds. The quantitative estimate of drug-likeness (QED) is 0.538. The fourth-order valence-corrected chi connectivity index (χ4v) is 1.42. The van der Waals surface area contributed by atoms with Gasteiger partial charge in [-0.2, -0.15) is 0 Å². The van der Waals surface area contributed by atoms with Crippen molar-refractivity contribution in [3.05, 3.63) is 0 Å². The monoisotopic (exact) mass is 215 g/mol. The van der Waals surface area contributed by atoms with Crippen molar-refractivity contribution < 1.29 is 14.3 Å². The van der Waals surface area contributed by atoms with Crippen molar-refractivity contribution in [2.75, 3.05) is 32.8 Å². The van der Waals surface area contributed by atoms with E-state index in [4.69, 9.17) is 10.5 Å². The van der Waals surface area contributed by atoms with Gasteiger partial charge in [0.1, 0.15) is 0 Å². The number of hydrogen-bond donors (Lipinski definition) is 2. The molecule has 0 spiro atoms. The van der Waals surface area contributed by atoms with E-state index in [1.807, 2.05) is 6.92 Å². The van der Waals surface area contributed by atoms with Gasteiger partial charge in [-0.25, -0.2) is 0 Å². The lowest BCUT2D eigenvalue weighted by Crippen LogP contribution is -2.52. The van der Waals surface area contributed by atoms with Crippen molar-refractivity contribution in [3.8, 4) is 0 Å². The van der Waals surface area contributed by atoms with Gasteiger partial charge >= 0.3 is 11.8 Å². The Morgan fingerprint density at radius 3 is 2.93 bits per heavy atom. The standard InChI is InChI=1S/C9H17N3O3/c1-7-6-15-5-4-12(7)9(14)8(13)11-3-2-10/h7H,2-6,10H2,1H3,(H,11,13). The number of ether oxygens (including phenoxy) is 1. The number of nitrogens with zero attached hydrogens (tertiary/aromatic N) is 1. The first kappa shape index (κ1) is 11.9. The van der Waals surface area contributed by atoms with E-state index in [1.54, 1.807) is 0 Å². The zero-order valence-electron chi connectivity index (χ0n) is 8.86. The van der Waals surface area contributed by atoms with Crippen LogP contribution in [0.15, 0.2) is 0 Å². The van der Waals surface area contributed by atoms with E-state index in [9.17, 15) is 9.59 Å². The SMILES string of the molecule is CC1COCCN1C(=O)C(=O)NCCN. The summed E-state index contributed by atoms with van der Waals surface area (Å²) < 4.78 is 5.18. The van der Waals surface area contributed by atoms with Crippen molar-refractivity contribution in [3.63, 3.8) is 0 Å². The van der Waals surface area contributed by atoms with E-state index in [-0.39, 0.29) is 6.04 Å². The predicted molar refractivity (Wildman–Crippen MR) is 54.1 cm³/mol. The molecule has 0 aromatic carbocycles. The molecule has 1 unspecified atom stereocenters. The van der Waals surface area contributed by atoms with Gasteiger partial charge in [0.15, 0.2) is 0 Å². The maximum Gasteiger partial charge on any atom is 0.312 e. The molecule has 6 heteroatoms. The summed E-state index contributed by atoms with van der Waals surface area (Å²) in [6, 6.07) is -0.0464. The number of carbonyl (C=O) groups is 2. The van der Waals surface area contributed by atoms with Crippen molar-refractivity contribution >= 4 is 11.8 Å². The van der Waals surface area contributed by atoms with Gasteiger partial charge < -0.3 is 20.7 Å². The molecule has 1 heterocycles. The highest BCUT2D eigenvalue weighted by Gasteiger charge is 2.28. The van der Waals surface area contributed by atoms with Crippen molar-refractivity contribution in [1.29, 1.82) is 0 Å². The van der Waals surface area contributed by atoms with Crippen LogP contribution in [0.5, 0.6) is 0 Å². The van der Waals surface area contributed by atoms with Crippen LogP contribution in [0.3, 0.4) is 0 Å². The second-order valence-corrected chi connectivity index (χ2v) is 3.47. The molecule has 1 aliphatic heterocycles. The predicted octanol–water partition coefficient (Wildman–Crippen LogP) is -1.69. The Morgan fingerprint density at radius 2 is 2.33 bits per heavy atom. The Hall–Kier alpha value is -1.14. The minimum Gasteiger partial charge on any atom is -0.377 e. The number of rotatable bonds is 2. The number of hydrogen-bond acceptors (Lipinski definition) is 4. The van der Waals surface area contributed by atoms with Gasteiger partial charge in [-0.1, -0.05) is 0 Å². The zero-order chi connectivity index (χ0) is 11.3. The molecule has 0 aliphatic carbocycles. The van der Waals surface area contributed by atoms with Crippen LogP contribution in [0.1, 0.15) is 6.92 Å². The molecule has 6 nitrogen and oxygen atoms in total. The highest BCUT2D eigenvalue weighted by Crippen LogP contribution is 2.05. The molecule has 0 bridgehead atoms. The van der Waals surface area contributed by atoms with E-state index < -0.39 is 11.8 Å². The smallest absolute Gasteiger partial charge is 0.312 e. The summed E-state index contributed by atoms with van der Waals surface area (Å²) in [4.78, 5) is 24.5. The van der Waals surface area contributed by atoms with Crippen molar-refractivity contribution in [2.24, 2.45) is 5.73 Å². The first-order valence-corrected chi connectivity index (χ1v) is 5.03. The maximum atomic E-state index is 11.6. The molecule has 0 saturated carbocycles. The third kappa shape index (κ3) is 3.17. The van der Waals surface area contributed by atoms with Crippen LogP contribution in [-0.4, -0.2) is 55.6 Å². The molecular weight excluding hydrogens is 198 g/mol. The summed E-state index contributed by atoms with van der Waals surface area (Å²) in [5.41, 5.74) is 5.22. The molecule has 1 saturated heterocycles. The minimum atomic E-state index is -0.589. The van der Waals surface area contributed by atoms with Crippen LogP contribution in [0.4, 0.5) is 0 Å². The molecule has 1 atom stereocenters. The molecular formula is C9H17N3O3. The second-order valence-electron chi connectivity index (χ2n) is 3.47. The zero-order valence-corrected chi connectivity index (χ0v) is 8.86. The van der Waals surface area contributed by atoms with Crippen molar-refractivity contribution in [2.45, 2.75) is 13.0 Å². The largest absolute Gasteiger partial charge is 0.377 e. The normalized spacial score (nSPS) is 21.2. The third-order valence-corrected chi connectivity index (χ3v) is 2.25. The molecule has 3 N–H and O–H groups in total. The number of nitrogens with one attached hydrogen (secondary N) is 1. The van der Waals surface area contributed by atoms with Crippen LogP contribution in [0, 0.1) is 0 Å². The Morgan fingerprint density at radius 1 is 1.60 bits per heavy atom. The Kier molecular flexibility index (Phi) is 4.51. The lowest BCUT2D eigenvalue weighted by Gasteiger charge is -2.32. The van der Waals surface area contributed by atoms with Crippen LogP contribution >= 0.6 is 0 Å². The summed E-state index contributed by atoms with van der Waals surface area (Å²) in [5.74, 6) is -1.09. The third-order valence-electron chi connectivity index (χ3n) is 2.25. The topological polar surface area (TPSA) is 84.7 Å². The first-order valence-electron chi connectivity index (χ1n) is 5.03. The first-order chi connectivity index (χ1) is 7.16. The number of nitrogens with two attached hydrogens (primary N) is 1. The fraction of sp³-hybridized carbons (Fsp3) is 0.778. The van der Waals surface area contributed by atoms with Gasteiger partial charge in [-0.05, 0) is 6.92 Å². The van der Waals surface area contributed by atoms with Crippen LogP contribution in [0.2, 0.25) is 0 Å². The van der Waals surface area contributed by atoms with Crippen LogP contribution in [-0.2, 0) is 14.3 Å². The number of morpholine rings is 1. The van der Waals surface area contributed by atoms with Gasteiger partial charge in [-0.15, -0.1) is 0 Å². The fourth-order valence-electron chi connectivity index (χ4n) is 1.42. The molecule has 0 radical (unpaired) electrons. The highest BCUT2D eigenvalue weighted by molar-refractivity contribution is 6.35.